The molecule has 0 N–H and O–H groups in total. The molecule has 0 bridgehead atoms. The average Bonchev–Trinajstić information content (AvgIpc) is 3.11. The molecule has 11 heteroatoms. The predicted octanol–water partition coefficient (Wildman–Crippen LogP) is 7.11. The molecule has 0 saturated carbocycles. The summed E-state index contributed by atoms with van der Waals surface area (Å²) >= 11 is 0. The molecule has 11 nitrogen and oxygen atoms in total. The second kappa shape index (κ2) is 21.4. The van der Waals surface area contributed by atoms with E-state index >= 15 is 0 Å². The molecule has 3 aromatic rings. The molecule has 0 aliphatic carbocycles. The molecule has 3 aromatic carbocycles. The molecular weight excluding hydrogens is 632 g/mol. The summed E-state index contributed by atoms with van der Waals surface area (Å²) in [6.07, 6.45) is 8.60. The number of esters is 4. The summed E-state index contributed by atoms with van der Waals surface area (Å²) in [7, 11) is 0. The van der Waals surface area contributed by atoms with E-state index in [2.05, 4.69) is 6.58 Å². The van der Waals surface area contributed by atoms with E-state index in [1.807, 2.05) is 0 Å². The quantitative estimate of drug-likeness (QED) is 0.0354. The lowest BCUT2D eigenvalue weighted by atomic mass is 10.2. The smallest absolute Gasteiger partial charge is 0.343 e. The van der Waals surface area contributed by atoms with Gasteiger partial charge in [0.25, 0.3) is 0 Å². The van der Waals surface area contributed by atoms with Crippen molar-refractivity contribution in [1.29, 1.82) is 0 Å². The van der Waals surface area contributed by atoms with E-state index in [1.54, 1.807) is 48.5 Å². The Balaban J connectivity index is 1.40. The molecule has 0 saturated heterocycles. The average molecular weight is 675 g/mol. The zero-order valence-electron chi connectivity index (χ0n) is 27.7. The van der Waals surface area contributed by atoms with E-state index in [1.165, 1.54) is 25.1 Å². The van der Waals surface area contributed by atoms with E-state index in [4.69, 9.17) is 28.4 Å². The number of hydrogen-bond acceptors (Lipinski definition) is 11. The summed E-state index contributed by atoms with van der Waals surface area (Å²) in [5.41, 5.74) is 0.586. The Labute approximate surface area is 286 Å². The Morgan fingerprint density at radius 3 is 1.55 bits per heavy atom. The zero-order chi connectivity index (χ0) is 35.3. The standard InChI is InChI=1S/C38H42O11/c1-3-36(41)47-25-11-7-6-10-24-45-32-16-12-29(13-17-32)37(42)48-34-20-21-35(31(26-34)27-39)49-38(43)30-14-18-33(19-15-30)46-23-9-5-4-8-22-44-28(2)40/h3,12-21,26-27H,1,4-11,22-25H2,2H3. The van der Waals surface area contributed by atoms with E-state index in [9.17, 15) is 24.0 Å². The summed E-state index contributed by atoms with van der Waals surface area (Å²) in [5.74, 6) is -0.651. The van der Waals surface area contributed by atoms with E-state index in [0.717, 1.165) is 57.4 Å². The van der Waals surface area contributed by atoms with Crippen molar-refractivity contribution in [2.75, 3.05) is 26.4 Å². The summed E-state index contributed by atoms with van der Waals surface area (Å²) < 4.78 is 32.2. The van der Waals surface area contributed by atoms with Gasteiger partial charge in [0.2, 0.25) is 0 Å². The van der Waals surface area contributed by atoms with Gasteiger partial charge in [0.15, 0.2) is 6.29 Å². The molecule has 49 heavy (non-hydrogen) atoms. The van der Waals surface area contributed by atoms with E-state index < -0.39 is 17.9 Å². The minimum Gasteiger partial charge on any atom is -0.494 e. The third-order valence-electron chi connectivity index (χ3n) is 7.03. The fourth-order valence-corrected chi connectivity index (χ4v) is 4.42. The van der Waals surface area contributed by atoms with Crippen LogP contribution in [0.15, 0.2) is 79.4 Å². The van der Waals surface area contributed by atoms with Gasteiger partial charge in [-0.1, -0.05) is 6.58 Å². The molecule has 0 atom stereocenters. The molecule has 0 aliphatic rings. The highest BCUT2D eigenvalue weighted by Crippen LogP contribution is 2.25. The Kier molecular flexibility index (Phi) is 16.6. The Bertz CT molecular complexity index is 1530. The third kappa shape index (κ3) is 14.5. The number of ether oxygens (including phenoxy) is 6. The van der Waals surface area contributed by atoms with Crippen LogP contribution in [0.2, 0.25) is 0 Å². The van der Waals surface area contributed by atoms with Crippen molar-refractivity contribution in [2.24, 2.45) is 0 Å². The summed E-state index contributed by atoms with van der Waals surface area (Å²) in [6.45, 7) is 6.56. The van der Waals surface area contributed by atoms with Gasteiger partial charge in [0, 0.05) is 13.0 Å². The van der Waals surface area contributed by atoms with Crippen LogP contribution in [0.3, 0.4) is 0 Å². The van der Waals surface area contributed by atoms with Gasteiger partial charge in [-0.25, -0.2) is 14.4 Å². The summed E-state index contributed by atoms with van der Waals surface area (Å²) in [6, 6.07) is 17.1. The van der Waals surface area contributed by atoms with Crippen LogP contribution in [0.4, 0.5) is 0 Å². The van der Waals surface area contributed by atoms with Crippen LogP contribution in [-0.2, 0) is 19.1 Å². The van der Waals surface area contributed by atoms with E-state index in [-0.39, 0.29) is 34.2 Å². The maximum atomic E-state index is 12.7. The third-order valence-corrected chi connectivity index (χ3v) is 7.03. The van der Waals surface area contributed by atoms with Gasteiger partial charge >= 0.3 is 23.9 Å². The molecular formula is C38H42O11. The monoisotopic (exact) mass is 674 g/mol. The number of rotatable bonds is 22. The molecule has 3 rings (SSSR count). The minimum absolute atomic E-state index is 0.0199. The first-order valence-electron chi connectivity index (χ1n) is 16.2. The topological polar surface area (TPSA) is 141 Å². The number of carbonyl (C=O) groups is 5. The molecule has 0 heterocycles. The van der Waals surface area contributed by atoms with Crippen LogP contribution in [0.1, 0.15) is 89.4 Å². The second-order valence-corrected chi connectivity index (χ2v) is 10.9. The number of carbonyl (C=O) groups excluding carboxylic acids is 5. The molecule has 0 fully saturated rings. The minimum atomic E-state index is -0.666. The maximum absolute atomic E-state index is 12.7. The Morgan fingerprint density at radius 1 is 0.592 bits per heavy atom. The van der Waals surface area contributed by atoms with Crippen LogP contribution >= 0.6 is 0 Å². The largest absolute Gasteiger partial charge is 0.494 e. The van der Waals surface area contributed by atoms with E-state index in [0.29, 0.717) is 44.2 Å². The predicted molar refractivity (Wildman–Crippen MR) is 180 cm³/mol. The van der Waals surface area contributed by atoms with Gasteiger partial charge < -0.3 is 28.4 Å². The lowest BCUT2D eigenvalue weighted by Crippen LogP contribution is -2.11. The van der Waals surface area contributed by atoms with Gasteiger partial charge in [0.05, 0.1) is 43.1 Å². The summed E-state index contributed by atoms with van der Waals surface area (Å²) in [4.78, 5) is 59.0. The van der Waals surface area contributed by atoms with Gasteiger partial charge in [-0.15, -0.1) is 0 Å². The lowest BCUT2D eigenvalue weighted by molar-refractivity contribution is -0.141. The van der Waals surface area contributed by atoms with Crippen LogP contribution < -0.4 is 18.9 Å². The van der Waals surface area contributed by atoms with Gasteiger partial charge in [-0.2, -0.15) is 0 Å². The van der Waals surface area contributed by atoms with Gasteiger partial charge in [-0.05, 0) is 118 Å². The van der Waals surface area contributed by atoms with Crippen molar-refractivity contribution in [3.63, 3.8) is 0 Å². The van der Waals surface area contributed by atoms with Crippen LogP contribution in [0.25, 0.3) is 0 Å². The first-order chi connectivity index (χ1) is 23.8. The maximum Gasteiger partial charge on any atom is 0.343 e. The molecule has 0 spiro atoms. The first-order valence-corrected chi connectivity index (χ1v) is 16.2. The van der Waals surface area contributed by atoms with Crippen molar-refractivity contribution in [3.05, 3.63) is 96.1 Å². The van der Waals surface area contributed by atoms with Crippen molar-refractivity contribution >= 4 is 30.2 Å². The van der Waals surface area contributed by atoms with Crippen LogP contribution in [0, 0.1) is 0 Å². The SMILES string of the molecule is C=CC(=O)OCCCCCCOc1ccc(C(=O)Oc2ccc(OC(=O)c3ccc(OCCCCCCOC(C)=O)cc3)c(C=O)c2)cc1. The Hall–Kier alpha value is -5.45. The normalized spacial score (nSPS) is 10.4. The molecule has 0 unspecified atom stereocenters. The fraction of sp³-hybridized carbons (Fsp3) is 0.342. The van der Waals surface area contributed by atoms with Crippen LogP contribution in [0.5, 0.6) is 23.0 Å². The van der Waals surface area contributed by atoms with Gasteiger partial charge in [-0.3, -0.25) is 9.59 Å². The molecule has 0 radical (unpaired) electrons. The highest BCUT2D eigenvalue weighted by molar-refractivity contribution is 5.93. The van der Waals surface area contributed by atoms with Crippen molar-refractivity contribution in [3.8, 4) is 23.0 Å². The van der Waals surface area contributed by atoms with Crippen LogP contribution in [-0.4, -0.2) is 56.6 Å². The molecule has 0 aromatic heterocycles. The Morgan fingerprint density at radius 2 is 1.06 bits per heavy atom. The van der Waals surface area contributed by atoms with Crippen molar-refractivity contribution in [1.82, 2.24) is 0 Å². The highest BCUT2D eigenvalue weighted by atomic mass is 16.5. The van der Waals surface area contributed by atoms with Gasteiger partial charge in [0.1, 0.15) is 23.0 Å². The highest BCUT2D eigenvalue weighted by Gasteiger charge is 2.15. The number of aldehydes is 1. The molecule has 260 valence electrons. The molecule has 0 amide bonds. The summed E-state index contributed by atoms with van der Waals surface area (Å²) in [5, 5.41) is 0. The molecule has 0 aliphatic heterocycles. The first kappa shape index (κ1) is 38.0. The van der Waals surface area contributed by atoms with Crippen molar-refractivity contribution < 1.29 is 52.4 Å². The lowest BCUT2D eigenvalue weighted by Gasteiger charge is -2.10. The van der Waals surface area contributed by atoms with Crippen molar-refractivity contribution in [2.45, 2.75) is 58.3 Å². The second-order valence-electron chi connectivity index (χ2n) is 10.9. The number of hydrogen-bond donors (Lipinski definition) is 0. The fourth-order valence-electron chi connectivity index (χ4n) is 4.42. The zero-order valence-corrected chi connectivity index (χ0v) is 27.7. The number of unbranched alkanes of at least 4 members (excludes halogenated alkanes) is 6. The number of benzene rings is 3.